The van der Waals surface area contributed by atoms with E-state index >= 15 is 0 Å². The maximum atomic E-state index is 11.8. The Morgan fingerprint density at radius 2 is 2.05 bits per heavy atom. The van der Waals surface area contributed by atoms with Crippen molar-refractivity contribution in [2.45, 2.75) is 33.1 Å². The van der Waals surface area contributed by atoms with Crippen LogP contribution in [0.2, 0.25) is 0 Å². The molecule has 1 heterocycles. The van der Waals surface area contributed by atoms with Gasteiger partial charge in [0.1, 0.15) is 11.5 Å². The van der Waals surface area contributed by atoms with Crippen LogP contribution in [0.1, 0.15) is 42.5 Å². The van der Waals surface area contributed by atoms with Gasteiger partial charge in [-0.05, 0) is 24.0 Å². The fraction of sp³-hybridized carbons (Fsp3) is 0.375. The predicted octanol–water partition coefficient (Wildman–Crippen LogP) is 4.26. The van der Waals surface area contributed by atoms with Gasteiger partial charge < -0.3 is 4.98 Å². The molecule has 1 aromatic carbocycles. The maximum absolute atomic E-state index is 11.8. The second-order valence-corrected chi connectivity index (χ2v) is 6.51. The molecule has 0 amide bonds. The van der Waals surface area contributed by atoms with Gasteiger partial charge in [0.05, 0.1) is 5.33 Å². The summed E-state index contributed by atoms with van der Waals surface area (Å²) in [5.74, 6) is 0.745. The molecule has 1 N–H and O–H groups in total. The van der Waals surface area contributed by atoms with Crippen LogP contribution >= 0.6 is 15.9 Å². The number of aryl methyl sites for hydroxylation is 1. The van der Waals surface area contributed by atoms with Crippen molar-refractivity contribution in [3.8, 4) is 11.4 Å². The minimum atomic E-state index is -0.00280. The smallest absolute Gasteiger partial charge is 0.193 e. The average Bonchev–Trinajstić information content (AvgIpc) is 2.79. The topological polar surface area (TPSA) is 45.8 Å². The Balaban J connectivity index is 2.45. The summed E-state index contributed by atoms with van der Waals surface area (Å²) in [7, 11) is 0. The molecule has 2 rings (SSSR count). The van der Waals surface area contributed by atoms with Gasteiger partial charge >= 0.3 is 0 Å². The molecule has 1 aromatic heterocycles. The summed E-state index contributed by atoms with van der Waals surface area (Å²) in [6, 6.07) is 8.28. The van der Waals surface area contributed by atoms with Crippen LogP contribution in [0.3, 0.4) is 0 Å². The maximum Gasteiger partial charge on any atom is 0.193 e. The molecular weight excluding hydrogens is 316 g/mol. The van der Waals surface area contributed by atoms with Crippen LogP contribution in [0.15, 0.2) is 24.3 Å². The van der Waals surface area contributed by atoms with Gasteiger partial charge in [0, 0.05) is 11.3 Å². The Kier molecular flexibility index (Phi) is 4.14. The summed E-state index contributed by atoms with van der Waals surface area (Å²) in [4.78, 5) is 19.4. The van der Waals surface area contributed by atoms with Gasteiger partial charge in [0.2, 0.25) is 0 Å². The highest BCUT2D eigenvalue weighted by Crippen LogP contribution is 2.27. The molecule has 0 unspecified atom stereocenters. The molecule has 0 aliphatic carbocycles. The number of hydrogen-bond acceptors (Lipinski definition) is 2. The number of carbonyl (C=O) groups excluding carboxylic acids is 1. The number of nitrogens with one attached hydrogen (secondary N) is 1. The number of ketones is 1. The monoisotopic (exact) mass is 334 g/mol. The van der Waals surface area contributed by atoms with Crippen LogP contribution in [0.5, 0.6) is 0 Å². The third-order valence-corrected chi connectivity index (χ3v) is 3.78. The summed E-state index contributed by atoms with van der Waals surface area (Å²) in [5, 5.41) is 0.292. The average molecular weight is 335 g/mol. The number of nitrogens with zero attached hydrogens (tertiary/aromatic N) is 1. The standard InChI is InChI=1S/C16H19BrN2O/c1-10-14(13(20)9-17)19-15(18-10)11-6-5-7-12(8-11)16(2,3)4/h5-8H,9H2,1-4H3,(H,18,19). The van der Waals surface area contributed by atoms with Crippen LogP contribution in [0, 0.1) is 6.92 Å². The Labute approximate surface area is 128 Å². The normalized spacial score (nSPS) is 11.7. The van der Waals surface area contributed by atoms with E-state index in [4.69, 9.17) is 0 Å². The second-order valence-electron chi connectivity index (χ2n) is 5.95. The molecule has 106 valence electrons. The molecule has 0 aliphatic rings. The molecule has 0 atom stereocenters. The van der Waals surface area contributed by atoms with Crippen LogP contribution in [0.4, 0.5) is 0 Å². The largest absolute Gasteiger partial charge is 0.341 e. The summed E-state index contributed by atoms with van der Waals surface area (Å²) >= 11 is 3.19. The number of alkyl halides is 1. The number of H-pyrrole nitrogens is 1. The predicted molar refractivity (Wildman–Crippen MR) is 85.6 cm³/mol. The van der Waals surface area contributed by atoms with E-state index in [-0.39, 0.29) is 11.2 Å². The van der Waals surface area contributed by atoms with Crippen molar-refractivity contribution < 1.29 is 4.79 Å². The number of aromatic amines is 1. The molecule has 0 saturated heterocycles. The fourth-order valence-electron chi connectivity index (χ4n) is 2.06. The van der Waals surface area contributed by atoms with Gasteiger partial charge in [-0.3, -0.25) is 4.79 Å². The second kappa shape index (κ2) is 5.52. The molecule has 0 fully saturated rings. The SMILES string of the molecule is Cc1[nH]c(-c2cccc(C(C)(C)C)c2)nc1C(=O)CBr. The van der Waals surface area contributed by atoms with Crippen LogP contribution in [-0.4, -0.2) is 21.1 Å². The van der Waals surface area contributed by atoms with Gasteiger partial charge in [-0.25, -0.2) is 4.98 Å². The highest BCUT2D eigenvalue weighted by molar-refractivity contribution is 9.09. The molecule has 0 aliphatic heterocycles. The zero-order valence-electron chi connectivity index (χ0n) is 12.2. The zero-order valence-corrected chi connectivity index (χ0v) is 13.8. The lowest BCUT2D eigenvalue weighted by molar-refractivity contribution is 0.101. The Hall–Kier alpha value is -1.42. The van der Waals surface area contributed by atoms with Gasteiger partial charge in [-0.1, -0.05) is 54.9 Å². The van der Waals surface area contributed by atoms with E-state index in [0.29, 0.717) is 11.0 Å². The summed E-state index contributed by atoms with van der Waals surface area (Å²) in [6.45, 7) is 8.41. The van der Waals surface area contributed by atoms with E-state index in [1.165, 1.54) is 5.56 Å². The summed E-state index contributed by atoms with van der Waals surface area (Å²) in [6.07, 6.45) is 0. The first-order valence-electron chi connectivity index (χ1n) is 6.59. The van der Waals surface area contributed by atoms with Crippen molar-refractivity contribution >= 4 is 21.7 Å². The molecule has 3 nitrogen and oxygen atoms in total. The minimum absolute atomic E-state index is 0.00280. The van der Waals surface area contributed by atoms with E-state index in [0.717, 1.165) is 17.1 Å². The van der Waals surface area contributed by atoms with Gasteiger partial charge in [0.15, 0.2) is 5.78 Å². The Morgan fingerprint density at radius 1 is 1.35 bits per heavy atom. The number of aromatic nitrogens is 2. The summed E-state index contributed by atoms with van der Waals surface area (Å²) in [5.41, 5.74) is 3.67. The lowest BCUT2D eigenvalue weighted by Crippen LogP contribution is -2.10. The Morgan fingerprint density at radius 3 is 2.65 bits per heavy atom. The van der Waals surface area contributed by atoms with E-state index in [1.807, 2.05) is 19.1 Å². The molecule has 20 heavy (non-hydrogen) atoms. The number of imidazole rings is 1. The van der Waals surface area contributed by atoms with E-state index in [9.17, 15) is 4.79 Å². The first-order valence-corrected chi connectivity index (χ1v) is 7.71. The van der Waals surface area contributed by atoms with Crippen molar-refractivity contribution in [2.75, 3.05) is 5.33 Å². The van der Waals surface area contributed by atoms with E-state index < -0.39 is 0 Å². The zero-order chi connectivity index (χ0) is 14.9. The first-order chi connectivity index (χ1) is 9.32. The molecule has 2 aromatic rings. The Bertz CT molecular complexity index is 638. The van der Waals surface area contributed by atoms with Crippen LogP contribution < -0.4 is 0 Å². The van der Waals surface area contributed by atoms with Crippen LogP contribution in [-0.2, 0) is 5.41 Å². The highest BCUT2D eigenvalue weighted by Gasteiger charge is 2.17. The first kappa shape index (κ1) is 15.0. The number of hydrogen-bond donors (Lipinski definition) is 1. The minimum Gasteiger partial charge on any atom is -0.341 e. The number of rotatable bonds is 3. The fourth-order valence-corrected chi connectivity index (χ4v) is 2.33. The highest BCUT2D eigenvalue weighted by atomic mass is 79.9. The van der Waals surface area contributed by atoms with Crippen molar-refractivity contribution in [3.63, 3.8) is 0 Å². The number of benzene rings is 1. The van der Waals surface area contributed by atoms with Crippen molar-refractivity contribution in [2.24, 2.45) is 0 Å². The molecular formula is C16H19BrN2O. The molecule has 4 heteroatoms. The third-order valence-electron chi connectivity index (χ3n) is 3.27. The number of carbonyl (C=O) groups is 1. The molecule has 0 radical (unpaired) electrons. The van der Waals surface area contributed by atoms with Crippen molar-refractivity contribution in [3.05, 3.63) is 41.2 Å². The lowest BCUT2D eigenvalue weighted by Gasteiger charge is -2.19. The van der Waals surface area contributed by atoms with Gasteiger partial charge in [0.25, 0.3) is 0 Å². The number of halogens is 1. The lowest BCUT2D eigenvalue weighted by atomic mass is 9.86. The molecule has 0 spiro atoms. The van der Waals surface area contributed by atoms with E-state index in [2.05, 4.69) is 58.8 Å². The number of Topliss-reactive ketones (excluding diaryl/α,β-unsaturated/α-hetero) is 1. The third kappa shape index (κ3) is 3.01. The van der Waals surface area contributed by atoms with Crippen molar-refractivity contribution in [1.82, 2.24) is 9.97 Å². The molecule has 0 saturated carbocycles. The van der Waals surface area contributed by atoms with Gasteiger partial charge in [-0.2, -0.15) is 0 Å². The summed E-state index contributed by atoms with van der Waals surface area (Å²) < 4.78 is 0. The van der Waals surface area contributed by atoms with Crippen LogP contribution in [0.25, 0.3) is 11.4 Å². The van der Waals surface area contributed by atoms with Gasteiger partial charge in [-0.15, -0.1) is 0 Å². The van der Waals surface area contributed by atoms with E-state index in [1.54, 1.807) is 0 Å². The van der Waals surface area contributed by atoms with Crippen molar-refractivity contribution in [1.29, 1.82) is 0 Å². The quantitative estimate of drug-likeness (QED) is 0.673. The molecule has 0 bridgehead atoms.